The Morgan fingerprint density at radius 1 is 1.50 bits per heavy atom. The van der Waals surface area contributed by atoms with Gasteiger partial charge in [-0.15, -0.1) is 0 Å². The van der Waals surface area contributed by atoms with Crippen molar-refractivity contribution in [3.8, 4) is 0 Å². The third-order valence-corrected chi connectivity index (χ3v) is 4.09. The molecule has 1 unspecified atom stereocenters. The van der Waals surface area contributed by atoms with E-state index in [9.17, 15) is 4.39 Å². The van der Waals surface area contributed by atoms with E-state index >= 15 is 0 Å². The van der Waals surface area contributed by atoms with Gasteiger partial charge in [-0.1, -0.05) is 28.1 Å². The first-order valence-electron chi connectivity index (χ1n) is 5.71. The zero-order valence-electron chi connectivity index (χ0n) is 9.71. The second-order valence-electron chi connectivity index (χ2n) is 4.57. The Bertz CT molecular complexity index is 376. The van der Waals surface area contributed by atoms with Gasteiger partial charge in [0, 0.05) is 18.4 Å². The zero-order valence-corrected chi connectivity index (χ0v) is 11.3. The van der Waals surface area contributed by atoms with Crippen LogP contribution in [0.3, 0.4) is 0 Å². The van der Waals surface area contributed by atoms with Gasteiger partial charge in [-0.25, -0.2) is 4.39 Å². The number of alkyl halides is 1. The summed E-state index contributed by atoms with van der Waals surface area (Å²) in [5.41, 5.74) is 1.77. The number of nitrogens with zero attached hydrogens (tertiary/aromatic N) is 1. The fraction of sp³-hybridized carbons (Fsp3) is 0.538. The largest absolute Gasteiger partial charge is 0.369 e. The topological polar surface area (TPSA) is 3.24 Å². The van der Waals surface area contributed by atoms with Crippen molar-refractivity contribution < 1.29 is 4.39 Å². The zero-order chi connectivity index (χ0) is 11.7. The first-order valence-corrected chi connectivity index (χ1v) is 6.83. The van der Waals surface area contributed by atoms with Crippen LogP contribution in [0.5, 0.6) is 0 Å². The van der Waals surface area contributed by atoms with Crippen LogP contribution >= 0.6 is 15.9 Å². The standard InChI is InChI=1S/C13H17BrFN/c1-9(10-6-7-10)16(2)13-11(8-14)4-3-5-12(13)15/h3-5,9-10H,6-8H2,1-2H3. The van der Waals surface area contributed by atoms with Gasteiger partial charge in [-0.2, -0.15) is 0 Å². The molecule has 0 radical (unpaired) electrons. The molecule has 0 bridgehead atoms. The van der Waals surface area contributed by atoms with Crippen LogP contribution in [0, 0.1) is 11.7 Å². The minimum absolute atomic E-state index is 0.119. The Morgan fingerprint density at radius 3 is 2.75 bits per heavy atom. The average Bonchev–Trinajstić information content (AvgIpc) is 3.10. The van der Waals surface area contributed by atoms with Crippen LogP contribution in [0.4, 0.5) is 10.1 Å². The molecule has 0 N–H and O–H groups in total. The van der Waals surface area contributed by atoms with Gasteiger partial charge >= 0.3 is 0 Å². The molecule has 0 spiro atoms. The van der Waals surface area contributed by atoms with Crippen molar-refractivity contribution in [3.05, 3.63) is 29.6 Å². The molecule has 1 aromatic carbocycles. The highest BCUT2D eigenvalue weighted by atomic mass is 79.9. The Labute approximate surface area is 105 Å². The van der Waals surface area contributed by atoms with E-state index in [4.69, 9.17) is 0 Å². The molecule has 88 valence electrons. The van der Waals surface area contributed by atoms with Gasteiger partial charge in [-0.05, 0) is 37.3 Å². The van der Waals surface area contributed by atoms with E-state index in [0.29, 0.717) is 11.4 Å². The molecular formula is C13H17BrFN. The second kappa shape index (κ2) is 4.74. The normalized spacial score (nSPS) is 17.2. The third kappa shape index (κ3) is 2.24. The molecular weight excluding hydrogens is 269 g/mol. The van der Waals surface area contributed by atoms with Crippen molar-refractivity contribution in [2.24, 2.45) is 5.92 Å². The molecule has 1 saturated carbocycles. The molecule has 1 atom stereocenters. The summed E-state index contributed by atoms with van der Waals surface area (Å²) in [6.07, 6.45) is 2.56. The molecule has 0 saturated heterocycles. The van der Waals surface area contributed by atoms with Crippen LogP contribution in [0.15, 0.2) is 18.2 Å². The van der Waals surface area contributed by atoms with Crippen LogP contribution in [-0.4, -0.2) is 13.1 Å². The number of hydrogen-bond acceptors (Lipinski definition) is 1. The molecule has 3 heteroatoms. The van der Waals surface area contributed by atoms with Gasteiger partial charge in [0.05, 0.1) is 5.69 Å². The monoisotopic (exact) mass is 285 g/mol. The predicted octanol–water partition coefficient (Wildman–Crippen LogP) is 3.96. The second-order valence-corrected chi connectivity index (χ2v) is 5.13. The number of halogens is 2. The van der Waals surface area contributed by atoms with E-state index in [2.05, 4.69) is 27.8 Å². The van der Waals surface area contributed by atoms with Gasteiger partial charge in [0.1, 0.15) is 5.82 Å². The van der Waals surface area contributed by atoms with Crippen LogP contribution in [0.1, 0.15) is 25.3 Å². The molecule has 1 aromatic rings. The lowest BCUT2D eigenvalue weighted by molar-refractivity contribution is 0.575. The molecule has 0 aromatic heterocycles. The van der Waals surface area contributed by atoms with Crippen molar-refractivity contribution in [2.45, 2.75) is 31.1 Å². The molecule has 0 heterocycles. The summed E-state index contributed by atoms with van der Waals surface area (Å²) in [5, 5.41) is 0.696. The summed E-state index contributed by atoms with van der Waals surface area (Å²) in [6.45, 7) is 2.18. The minimum Gasteiger partial charge on any atom is -0.369 e. The molecule has 1 fully saturated rings. The van der Waals surface area contributed by atoms with Gasteiger partial charge < -0.3 is 4.90 Å². The number of hydrogen-bond donors (Lipinski definition) is 0. The smallest absolute Gasteiger partial charge is 0.146 e. The Hall–Kier alpha value is -0.570. The molecule has 2 rings (SSSR count). The van der Waals surface area contributed by atoms with Crippen molar-refractivity contribution in [2.75, 3.05) is 11.9 Å². The highest BCUT2D eigenvalue weighted by Gasteiger charge is 2.32. The molecule has 1 nitrogen and oxygen atoms in total. The van der Waals surface area contributed by atoms with Gasteiger partial charge in [0.25, 0.3) is 0 Å². The maximum Gasteiger partial charge on any atom is 0.146 e. The number of benzene rings is 1. The maximum atomic E-state index is 13.9. The molecule has 1 aliphatic carbocycles. The van der Waals surface area contributed by atoms with Crippen LogP contribution < -0.4 is 4.90 Å². The molecule has 0 aliphatic heterocycles. The summed E-state index contributed by atoms with van der Waals surface area (Å²) in [4.78, 5) is 2.09. The minimum atomic E-state index is -0.119. The van der Waals surface area contributed by atoms with E-state index < -0.39 is 0 Å². The van der Waals surface area contributed by atoms with Crippen LogP contribution in [0.25, 0.3) is 0 Å². The maximum absolute atomic E-state index is 13.9. The van der Waals surface area contributed by atoms with E-state index in [1.165, 1.54) is 18.9 Å². The molecule has 1 aliphatic rings. The number of para-hydroxylation sites is 1. The van der Waals surface area contributed by atoms with Gasteiger partial charge in [0.15, 0.2) is 0 Å². The summed E-state index contributed by atoms with van der Waals surface area (Å²) in [6, 6.07) is 5.71. The van der Waals surface area contributed by atoms with E-state index in [0.717, 1.165) is 17.2 Å². The quantitative estimate of drug-likeness (QED) is 0.757. The summed E-state index contributed by atoms with van der Waals surface area (Å²) >= 11 is 3.42. The van der Waals surface area contributed by atoms with Crippen LogP contribution in [-0.2, 0) is 5.33 Å². The van der Waals surface area contributed by atoms with E-state index in [-0.39, 0.29) is 5.82 Å². The lowest BCUT2D eigenvalue weighted by Gasteiger charge is -2.29. The lowest BCUT2D eigenvalue weighted by Crippen LogP contribution is -2.32. The third-order valence-electron chi connectivity index (χ3n) is 3.48. The van der Waals surface area contributed by atoms with Crippen molar-refractivity contribution in [1.82, 2.24) is 0 Å². The van der Waals surface area contributed by atoms with E-state index in [1.807, 2.05) is 13.1 Å². The Kier molecular flexibility index (Phi) is 3.53. The van der Waals surface area contributed by atoms with Crippen molar-refractivity contribution in [1.29, 1.82) is 0 Å². The fourth-order valence-electron chi connectivity index (χ4n) is 2.16. The summed E-state index contributed by atoms with van der Waals surface area (Å²) < 4.78 is 13.9. The first-order chi connectivity index (χ1) is 7.65. The first kappa shape index (κ1) is 11.9. The van der Waals surface area contributed by atoms with Crippen LogP contribution in [0.2, 0.25) is 0 Å². The summed E-state index contributed by atoms with van der Waals surface area (Å²) in [7, 11) is 1.99. The van der Waals surface area contributed by atoms with E-state index in [1.54, 1.807) is 6.07 Å². The molecule has 16 heavy (non-hydrogen) atoms. The fourth-order valence-corrected chi connectivity index (χ4v) is 2.61. The van der Waals surface area contributed by atoms with Crippen molar-refractivity contribution in [3.63, 3.8) is 0 Å². The number of rotatable bonds is 4. The lowest BCUT2D eigenvalue weighted by atomic mass is 10.1. The Morgan fingerprint density at radius 2 is 2.19 bits per heavy atom. The summed E-state index contributed by atoms with van der Waals surface area (Å²) in [5.74, 6) is 0.625. The van der Waals surface area contributed by atoms with Gasteiger partial charge in [-0.3, -0.25) is 0 Å². The predicted molar refractivity (Wildman–Crippen MR) is 69.6 cm³/mol. The highest BCUT2D eigenvalue weighted by molar-refractivity contribution is 9.08. The van der Waals surface area contributed by atoms with Gasteiger partial charge in [0.2, 0.25) is 0 Å². The molecule has 0 amide bonds. The SMILES string of the molecule is CC(C1CC1)N(C)c1c(F)cccc1CBr. The van der Waals surface area contributed by atoms with Crippen molar-refractivity contribution >= 4 is 21.6 Å². The number of anilines is 1. The Balaban J connectivity index is 2.30. The highest BCUT2D eigenvalue weighted by Crippen LogP contribution is 2.38. The average molecular weight is 286 g/mol.